The minimum atomic E-state index is 0.0772. The molecule has 0 aliphatic carbocycles. The van der Waals surface area contributed by atoms with Gasteiger partial charge in [0.2, 0.25) is 0 Å². The van der Waals surface area contributed by atoms with Gasteiger partial charge in [-0.05, 0) is 18.6 Å². The maximum Gasteiger partial charge on any atom is 0.186 e. The van der Waals surface area contributed by atoms with Gasteiger partial charge in [-0.25, -0.2) is 4.99 Å². The molecule has 0 unspecified atom stereocenters. The summed E-state index contributed by atoms with van der Waals surface area (Å²) < 4.78 is 10.6. The van der Waals surface area contributed by atoms with Crippen LogP contribution in [0.25, 0.3) is 0 Å². The van der Waals surface area contributed by atoms with Gasteiger partial charge in [0.25, 0.3) is 0 Å². The number of guanidine groups is 1. The van der Waals surface area contributed by atoms with Crippen molar-refractivity contribution in [3.8, 4) is 5.75 Å². The third kappa shape index (κ3) is 4.74. The highest BCUT2D eigenvalue weighted by molar-refractivity contribution is 5.75. The molecule has 1 aromatic carbocycles. The van der Waals surface area contributed by atoms with E-state index in [2.05, 4.69) is 4.99 Å². The summed E-state index contributed by atoms with van der Waals surface area (Å²) >= 11 is 0. The van der Waals surface area contributed by atoms with Crippen molar-refractivity contribution in [2.75, 3.05) is 20.3 Å². The SMILES string of the molecule is COCCOc1cc(C)ccc1CN=C(N)N. The van der Waals surface area contributed by atoms with Crippen molar-refractivity contribution in [2.45, 2.75) is 13.5 Å². The molecule has 0 radical (unpaired) electrons. The molecule has 94 valence electrons. The summed E-state index contributed by atoms with van der Waals surface area (Å²) in [5.74, 6) is 0.875. The average Bonchev–Trinajstić information content (AvgIpc) is 2.28. The zero-order valence-electron chi connectivity index (χ0n) is 10.3. The smallest absolute Gasteiger partial charge is 0.186 e. The molecule has 17 heavy (non-hydrogen) atoms. The Morgan fingerprint density at radius 3 is 2.71 bits per heavy atom. The van der Waals surface area contributed by atoms with E-state index in [0.29, 0.717) is 19.8 Å². The number of aryl methyl sites for hydroxylation is 1. The summed E-state index contributed by atoms with van der Waals surface area (Å²) in [6.07, 6.45) is 0. The lowest BCUT2D eigenvalue weighted by Gasteiger charge is -2.11. The molecule has 0 aliphatic rings. The summed E-state index contributed by atoms with van der Waals surface area (Å²) in [4.78, 5) is 3.97. The molecule has 0 saturated heterocycles. The van der Waals surface area contributed by atoms with Gasteiger partial charge in [0.05, 0.1) is 13.2 Å². The van der Waals surface area contributed by atoms with Crippen molar-refractivity contribution in [3.05, 3.63) is 29.3 Å². The number of benzene rings is 1. The summed E-state index contributed by atoms with van der Waals surface area (Å²) in [5, 5.41) is 0. The van der Waals surface area contributed by atoms with Crippen LogP contribution in [0.5, 0.6) is 5.75 Å². The average molecular weight is 237 g/mol. The Kier molecular flexibility index (Phi) is 5.29. The van der Waals surface area contributed by atoms with E-state index in [1.807, 2.05) is 25.1 Å². The zero-order chi connectivity index (χ0) is 12.7. The molecule has 5 nitrogen and oxygen atoms in total. The molecule has 0 aliphatic heterocycles. The van der Waals surface area contributed by atoms with E-state index < -0.39 is 0 Å². The van der Waals surface area contributed by atoms with Crippen LogP contribution in [0.1, 0.15) is 11.1 Å². The second-order valence-electron chi connectivity index (χ2n) is 3.69. The fraction of sp³-hybridized carbons (Fsp3) is 0.417. The Labute approximate surface area is 101 Å². The summed E-state index contributed by atoms with van der Waals surface area (Å²) in [6.45, 7) is 3.49. The molecule has 0 bridgehead atoms. The Morgan fingerprint density at radius 2 is 2.06 bits per heavy atom. The number of ether oxygens (including phenoxy) is 2. The molecular weight excluding hydrogens is 218 g/mol. The minimum Gasteiger partial charge on any atom is -0.491 e. The molecule has 0 spiro atoms. The molecule has 1 rings (SSSR count). The van der Waals surface area contributed by atoms with Gasteiger partial charge in [-0.1, -0.05) is 12.1 Å². The second-order valence-corrected chi connectivity index (χ2v) is 3.69. The molecule has 1 aromatic rings. The largest absolute Gasteiger partial charge is 0.491 e. The number of hydrogen-bond acceptors (Lipinski definition) is 3. The van der Waals surface area contributed by atoms with Gasteiger partial charge in [0.1, 0.15) is 12.4 Å². The fourth-order valence-corrected chi connectivity index (χ4v) is 1.34. The van der Waals surface area contributed by atoms with Crippen molar-refractivity contribution < 1.29 is 9.47 Å². The monoisotopic (exact) mass is 237 g/mol. The highest BCUT2D eigenvalue weighted by Gasteiger charge is 2.03. The van der Waals surface area contributed by atoms with Crippen LogP contribution in [0.3, 0.4) is 0 Å². The van der Waals surface area contributed by atoms with Gasteiger partial charge in [0, 0.05) is 12.7 Å². The van der Waals surface area contributed by atoms with Crippen molar-refractivity contribution >= 4 is 5.96 Å². The molecule has 0 amide bonds. The quantitative estimate of drug-likeness (QED) is 0.435. The first-order valence-corrected chi connectivity index (χ1v) is 5.40. The molecule has 0 saturated carbocycles. The molecule has 0 atom stereocenters. The number of methoxy groups -OCH3 is 1. The topological polar surface area (TPSA) is 82.9 Å². The molecule has 0 heterocycles. The third-order valence-corrected chi connectivity index (χ3v) is 2.20. The Morgan fingerprint density at radius 1 is 1.29 bits per heavy atom. The van der Waals surface area contributed by atoms with Gasteiger partial charge in [0.15, 0.2) is 5.96 Å². The van der Waals surface area contributed by atoms with E-state index >= 15 is 0 Å². The normalized spacial score (nSPS) is 10.0. The number of aliphatic imine (C=N–C) groups is 1. The number of nitrogens with zero attached hydrogens (tertiary/aromatic N) is 1. The third-order valence-electron chi connectivity index (χ3n) is 2.20. The minimum absolute atomic E-state index is 0.0772. The van der Waals surface area contributed by atoms with E-state index in [1.54, 1.807) is 7.11 Å². The van der Waals surface area contributed by atoms with E-state index in [1.165, 1.54) is 0 Å². The van der Waals surface area contributed by atoms with Crippen LogP contribution >= 0.6 is 0 Å². The molecule has 0 aromatic heterocycles. The van der Waals surface area contributed by atoms with Crippen molar-refractivity contribution in [1.29, 1.82) is 0 Å². The van der Waals surface area contributed by atoms with Crippen LogP contribution in [0.2, 0.25) is 0 Å². The zero-order valence-corrected chi connectivity index (χ0v) is 10.3. The summed E-state index contributed by atoms with van der Waals surface area (Å²) in [6, 6.07) is 5.93. The first-order valence-electron chi connectivity index (χ1n) is 5.40. The van der Waals surface area contributed by atoms with Crippen LogP contribution in [0.15, 0.2) is 23.2 Å². The lowest BCUT2D eigenvalue weighted by molar-refractivity contribution is 0.146. The lowest BCUT2D eigenvalue weighted by Crippen LogP contribution is -2.22. The maximum absolute atomic E-state index is 5.61. The van der Waals surface area contributed by atoms with E-state index in [9.17, 15) is 0 Å². The van der Waals surface area contributed by atoms with Crippen molar-refractivity contribution in [1.82, 2.24) is 0 Å². The highest BCUT2D eigenvalue weighted by Crippen LogP contribution is 2.21. The Balaban J connectivity index is 2.76. The molecular formula is C12H19N3O2. The van der Waals surface area contributed by atoms with Crippen molar-refractivity contribution in [2.24, 2.45) is 16.5 Å². The number of nitrogens with two attached hydrogens (primary N) is 2. The molecule has 4 N–H and O–H groups in total. The summed E-state index contributed by atoms with van der Waals surface area (Å²) in [7, 11) is 1.64. The van der Waals surface area contributed by atoms with Crippen LogP contribution in [0.4, 0.5) is 0 Å². The summed E-state index contributed by atoms with van der Waals surface area (Å²) in [5.41, 5.74) is 12.7. The Bertz CT molecular complexity index is 387. The van der Waals surface area contributed by atoms with Gasteiger partial charge < -0.3 is 20.9 Å². The highest BCUT2D eigenvalue weighted by atomic mass is 16.5. The number of rotatable bonds is 6. The lowest BCUT2D eigenvalue weighted by atomic mass is 10.1. The predicted octanol–water partition coefficient (Wildman–Crippen LogP) is 0.794. The van der Waals surface area contributed by atoms with Gasteiger partial charge in [-0.15, -0.1) is 0 Å². The predicted molar refractivity (Wildman–Crippen MR) is 68.1 cm³/mol. The van der Waals surface area contributed by atoms with E-state index in [-0.39, 0.29) is 5.96 Å². The van der Waals surface area contributed by atoms with Crippen LogP contribution < -0.4 is 16.2 Å². The Hall–Kier alpha value is -1.75. The second kappa shape index (κ2) is 6.75. The van der Waals surface area contributed by atoms with E-state index in [4.69, 9.17) is 20.9 Å². The van der Waals surface area contributed by atoms with Crippen LogP contribution in [-0.4, -0.2) is 26.3 Å². The van der Waals surface area contributed by atoms with Gasteiger partial charge in [-0.3, -0.25) is 0 Å². The number of hydrogen-bond donors (Lipinski definition) is 2. The van der Waals surface area contributed by atoms with Crippen molar-refractivity contribution in [3.63, 3.8) is 0 Å². The first-order chi connectivity index (χ1) is 8.13. The van der Waals surface area contributed by atoms with Gasteiger partial charge >= 0.3 is 0 Å². The van der Waals surface area contributed by atoms with E-state index in [0.717, 1.165) is 16.9 Å². The fourth-order valence-electron chi connectivity index (χ4n) is 1.34. The molecule has 0 fully saturated rings. The molecule has 5 heteroatoms. The standard InChI is InChI=1S/C12H19N3O2/c1-9-3-4-10(8-15-12(13)14)11(7-9)17-6-5-16-2/h3-4,7H,5-6,8H2,1-2H3,(H4,13,14,15). The maximum atomic E-state index is 5.61. The van der Waals surface area contributed by atoms with Crippen LogP contribution in [-0.2, 0) is 11.3 Å². The van der Waals surface area contributed by atoms with Crippen LogP contribution in [0, 0.1) is 6.92 Å². The van der Waals surface area contributed by atoms with Gasteiger partial charge in [-0.2, -0.15) is 0 Å². The first kappa shape index (κ1) is 13.3.